The Balaban J connectivity index is 1.68. The Hall–Kier alpha value is -2.70. The van der Waals surface area contributed by atoms with Gasteiger partial charge in [0, 0.05) is 34.1 Å². The highest BCUT2D eigenvalue weighted by Gasteiger charge is 2.32. The Labute approximate surface area is 231 Å². The van der Waals surface area contributed by atoms with Gasteiger partial charge in [0.2, 0.25) is 11.8 Å². The Morgan fingerprint density at radius 2 is 1.65 bits per heavy atom. The van der Waals surface area contributed by atoms with E-state index in [0.717, 1.165) is 41.3 Å². The summed E-state index contributed by atoms with van der Waals surface area (Å²) in [4.78, 5) is 29.2. The Morgan fingerprint density at radius 1 is 0.946 bits per heavy atom. The molecule has 37 heavy (non-hydrogen) atoms. The van der Waals surface area contributed by atoms with Crippen LogP contribution in [0.3, 0.4) is 0 Å². The van der Waals surface area contributed by atoms with Crippen LogP contribution in [0.2, 0.25) is 5.02 Å². The highest BCUT2D eigenvalue weighted by atomic mass is 79.9. The van der Waals surface area contributed by atoms with Gasteiger partial charge in [0.15, 0.2) is 0 Å². The van der Waals surface area contributed by atoms with Crippen LogP contribution in [0.5, 0.6) is 0 Å². The van der Waals surface area contributed by atoms with Crippen LogP contribution in [-0.2, 0) is 29.0 Å². The molecule has 1 saturated carbocycles. The second-order valence-electron chi connectivity index (χ2n) is 9.57. The largest absolute Gasteiger partial charge is 0.352 e. The quantitative estimate of drug-likeness (QED) is 0.298. The number of carbonyl (C=O) groups excluding carboxylic acids is 2. The summed E-state index contributed by atoms with van der Waals surface area (Å²) in [5, 5.41) is 3.41. The highest BCUT2D eigenvalue weighted by Crippen LogP contribution is 2.24. The zero-order chi connectivity index (χ0) is 26.2. The molecule has 2 amide bonds. The molecule has 1 aliphatic rings. The first-order chi connectivity index (χ1) is 17.9. The number of carbonyl (C=O) groups is 2. The van der Waals surface area contributed by atoms with Gasteiger partial charge in [-0.1, -0.05) is 95.3 Å². The van der Waals surface area contributed by atoms with Crippen molar-refractivity contribution in [1.82, 2.24) is 10.2 Å². The summed E-state index contributed by atoms with van der Waals surface area (Å²) in [7, 11) is 0. The fourth-order valence-electron chi connectivity index (χ4n) is 4.84. The van der Waals surface area contributed by atoms with Crippen LogP contribution in [0.25, 0.3) is 0 Å². The smallest absolute Gasteiger partial charge is 0.243 e. The average molecular weight is 586 g/mol. The van der Waals surface area contributed by atoms with Gasteiger partial charge in [-0.2, -0.15) is 0 Å². The van der Waals surface area contributed by atoms with Crippen LogP contribution in [0.1, 0.15) is 48.8 Å². The molecule has 0 spiro atoms. The fraction of sp³-hybridized carbons (Fsp3) is 0.333. The molecule has 4 rings (SSSR count). The van der Waals surface area contributed by atoms with Crippen molar-refractivity contribution in [2.45, 2.75) is 63.6 Å². The molecule has 1 aliphatic carbocycles. The van der Waals surface area contributed by atoms with Crippen LogP contribution in [0.4, 0.5) is 4.39 Å². The summed E-state index contributed by atoms with van der Waals surface area (Å²) >= 11 is 9.71. The molecule has 0 unspecified atom stereocenters. The van der Waals surface area contributed by atoms with Gasteiger partial charge in [0.05, 0.1) is 6.42 Å². The number of rotatable bonds is 9. The molecule has 194 valence electrons. The number of nitrogens with one attached hydrogen (secondary N) is 1. The Bertz CT molecular complexity index is 1180. The number of amides is 2. The third kappa shape index (κ3) is 7.65. The van der Waals surface area contributed by atoms with E-state index >= 15 is 0 Å². The molecule has 1 atom stereocenters. The summed E-state index contributed by atoms with van der Waals surface area (Å²) in [6.07, 6.45) is 5.35. The molecule has 0 radical (unpaired) electrons. The standard InChI is InChI=1S/C30H31BrClFN2O2/c31-23-16-14-22(15-17-23)20-35(29(36)19-25-26(32)12-7-13-27(25)33)28(18-21-8-3-1-4-9-21)30(37)34-24-10-5-2-6-11-24/h1,3-4,7-9,12-17,24,28H,2,5-6,10-11,18-20H2,(H,34,37)/t28-/m1/s1. The summed E-state index contributed by atoms with van der Waals surface area (Å²) in [5.41, 5.74) is 1.96. The second-order valence-corrected chi connectivity index (χ2v) is 10.9. The van der Waals surface area contributed by atoms with E-state index in [1.54, 1.807) is 11.0 Å². The van der Waals surface area contributed by atoms with Gasteiger partial charge in [-0.25, -0.2) is 4.39 Å². The molecule has 0 saturated heterocycles. The summed E-state index contributed by atoms with van der Waals surface area (Å²) in [6, 6.07) is 21.0. The Kier molecular flexibility index (Phi) is 9.75. The van der Waals surface area contributed by atoms with Crippen molar-refractivity contribution >= 4 is 39.3 Å². The lowest BCUT2D eigenvalue weighted by molar-refractivity contribution is -0.141. The van der Waals surface area contributed by atoms with Crippen molar-refractivity contribution in [2.75, 3.05) is 0 Å². The van der Waals surface area contributed by atoms with Crippen LogP contribution in [0, 0.1) is 5.82 Å². The first-order valence-corrected chi connectivity index (χ1v) is 13.9. The van der Waals surface area contributed by atoms with Crippen molar-refractivity contribution < 1.29 is 14.0 Å². The zero-order valence-corrected chi connectivity index (χ0v) is 23.0. The minimum absolute atomic E-state index is 0.102. The predicted octanol–water partition coefficient (Wildman–Crippen LogP) is 6.87. The minimum atomic E-state index is -0.758. The molecule has 7 heteroatoms. The van der Waals surface area contributed by atoms with Gasteiger partial charge in [-0.05, 0) is 48.2 Å². The van der Waals surface area contributed by atoms with E-state index in [1.807, 2.05) is 54.6 Å². The molecular formula is C30H31BrClFN2O2. The lowest BCUT2D eigenvalue weighted by Gasteiger charge is -2.33. The Morgan fingerprint density at radius 3 is 2.32 bits per heavy atom. The van der Waals surface area contributed by atoms with Crippen LogP contribution in [-0.4, -0.2) is 28.8 Å². The van der Waals surface area contributed by atoms with E-state index in [-0.39, 0.29) is 41.4 Å². The number of halogens is 3. The minimum Gasteiger partial charge on any atom is -0.352 e. The van der Waals surface area contributed by atoms with Crippen molar-refractivity contribution in [1.29, 1.82) is 0 Å². The van der Waals surface area contributed by atoms with Gasteiger partial charge < -0.3 is 10.2 Å². The van der Waals surface area contributed by atoms with Crippen molar-refractivity contribution in [3.63, 3.8) is 0 Å². The first-order valence-electron chi connectivity index (χ1n) is 12.7. The molecule has 3 aromatic carbocycles. The molecule has 1 fully saturated rings. The second kappa shape index (κ2) is 13.2. The van der Waals surface area contributed by atoms with Crippen molar-refractivity contribution in [3.8, 4) is 0 Å². The van der Waals surface area contributed by atoms with Gasteiger partial charge in [0.1, 0.15) is 11.9 Å². The topological polar surface area (TPSA) is 49.4 Å². The maximum Gasteiger partial charge on any atom is 0.243 e. The van der Waals surface area contributed by atoms with Crippen LogP contribution in [0.15, 0.2) is 77.3 Å². The van der Waals surface area contributed by atoms with Gasteiger partial charge in [-0.3, -0.25) is 9.59 Å². The number of hydrogen-bond acceptors (Lipinski definition) is 2. The van der Waals surface area contributed by atoms with E-state index in [1.165, 1.54) is 18.6 Å². The van der Waals surface area contributed by atoms with Crippen molar-refractivity contribution in [2.24, 2.45) is 0 Å². The zero-order valence-electron chi connectivity index (χ0n) is 20.6. The monoisotopic (exact) mass is 584 g/mol. The lowest BCUT2D eigenvalue weighted by Crippen LogP contribution is -2.53. The van der Waals surface area contributed by atoms with Crippen molar-refractivity contribution in [3.05, 3.63) is 105 Å². The fourth-order valence-corrected chi connectivity index (χ4v) is 5.33. The molecule has 0 aromatic heterocycles. The molecule has 0 aliphatic heterocycles. The maximum atomic E-state index is 14.6. The highest BCUT2D eigenvalue weighted by molar-refractivity contribution is 9.10. The van der Waals surface area contributed by atoms with E-state index in [2.05, 4.69) is 21.2 Å². The summed E-state index contributed by atoms with van der Waals surface area (Å²) in [5.74, 6) is -1.06. The molecule has 1 N–H and O–H groups in total. The van der Waals surface area contributed by atoms with E-state index < -0.39 is 11.9 Å². The number of nitrogens with zero attached hydrogens (tertiary/aromatic N) is 1. The van der Waals surface area contributed by atoms with Gasteiger partial charge in [0.25, 0.3) is 0 Å². The van der Waals surface area contributed by atoms with Crippen LogP contribution < -0.4 is 5.32 Å². The van der Waals surface area contributed by atoms with Gasteiger partial charge >= 0.3 is 0 Å². The van der Waals surface area contributed by atoms with Gasteiger partial charge in [-0.15, -0.1) is 0 Å². The third-order valence-electron chi connectivity index (χ3n) is 6.88. The summed E-state index contributed by atoms with van der Waals surface area (Å²) in [6.45, 7) is 0.216. The predicted molar refractivity (Wildman–Crippen MR) is 149 cm³/mol. The maximum absolute atomic E-state index is 14.6. The molecular weight excluding hydrogens is 555 g/mol. The van der Waals surface area contributed by atoms with E-state index in [4.69, 9.17) is 11.6 Å². The molecule has 0 heterocycles. The summed E-state index contributed by atoms with van der Waals surface area (Å²) < 4.78 is 15.5. The normalized spacial score (nSPS) is 14.7. The van der Waals surface area contributed by atoms with Crippen LogP contribution >= 0.6 is 27.5 Å². The average Bonchev–Trinajstić information content (AvgIpc) is 2.90. The lowest BCUT2D eigenvalue weighted by atomic mass is 9.94. The number of hydrogen-bond donors (Lipinski definition) is 1. The molecule has 4 nitrogen and oxygen atoms in total. The SMILES string of the molecule is O=C(NC1CCCCC1)[C@@H](Cc1ccccc1)N(Cc1ccc(Br)cc1)C(=O)Cc1c(F)cccc1Cl. The molecule has 3 aromatic rings. The molecule has 0 bridgehead atoms. The first kappa shape index (κ1) is 27.3. The van der Waals surface area contributed by atoms with E-state index in [0.29, 0.717) is 6.42 Å². The van der Waals surface area contributed by atoms with E-state index in [9.17, 15) is 14.0 Å². The number of benzene rings is 3. The third-order valence-corrected chi connectivity index (χ3v) is 7.76.